The summed E-state index contributed by atoms with van der Waals surface area (Å²) in [5, 5.41) is 2.86. The van der Waals surface area contributed by atoms with Gasteiger partial charge < -0.3 is 5.32 Å². The molecular weight excluding hydrogens is 281 g/mol. The summed E-state index contributed by atoms with van der Waals surface area (Å²) in [7, 11) is 0. The number of nitrogens with one attached hydrogen (secondary N) is 1. The molecule has 21 heavy (non-hydrogen) atoms. The van der Waals surface area contributed by atoms with Gasteiger partial charge in [-0.1, -0.05) is 6.92 Å². The number of hydrogen-bond acceptors (Lipinski definition) is 4. The molecule has 0 atom stereocenters. The molecule has 0 aliphatic rings. The highest BCUT2D eigenvalue weighted by Gasteiger charge is 2.35. The Morgan fingerprint density at radius 3 is 2.52 bits per heavy atom. The number of anilines is 1. The van der Waals surface area contributed by atoms with Gasteiger partial charge in [-0.3, -0.25) is 4.98 Å². The first-order chi connectivity index (χ1) is 9.90. The molecular formula is C14H15F3N4. The van der Waals surface area contributed by atoms with Crippen molar-refractivity contribution >= 4 is 5.82 Å². The SMILES string of the molecule is CCCNc1cc(-c2ccc(C)nc2)nc(C(F)(F)F)n1. The van der Waals surface area contributed by atoms with E-state index < -0.39 is 12.0 Å². The molecule has 112 valence electrons. The van der Waals surface area contributed by atoms with Crippen LogP contribution in [0.5, 0.6) is 0 Å². The van der Waals surface area contributed by atoms with Crippen LogP contribution in [0.25, 0.3) is 11.3 Å². The average Bonchev–Trinajstić information content (AvgIpc) is 2.44. The minimum absolute atomic E-state index is 0.162. The molecule has 0 saturated heterocycles. The zero-order valence-corrected chi connectivity index (χ0v) is 11.7. The second-order valence-electron chi connectivity index (χ2n) is 4.57. The van der Waals surface area contributed by atoms with Gasteiger partial charge in [-0.2, -0.15) is 13.2 Å². The highest BCUT2D eigenvalue weighted by atomic mass is 19.4. The predicted molar refractivity (Wildman–Crippen MR) is 73.8 cm³/mol. The molecule has 0 aliphatic heterocycles. The Labute approximate surface area is 120 Å². The van der Waals surface area contributed by atoms with Crippen molar-refractivity contribution in [3.63, 3.8) is 0 Å². The first kappa shape index (κ1) is 15.2. The van der Waals surface area contributed by atoms with Crippen molar-refractivity contribution in [2.24, 2.45) is 0 Å². The number of aromatic nitrogens is 3. The van der Waals surface area contributed by atoms with Crippen molar-refractivity contribution in [2.45, 2.75) is 26.4 Å². The molecule has 2 aromatic rings. The molecule has 0 aliphatic carbocycles. The van der Waals surface area contributed by atoms with Gasteiger partial charge in [0.1, 0.15) is 5.82 Å². The minimum atomic E-state index is -4.59. The van der Waals surface area contributed by atoms with Crippen LogP contribution >= 0.6 is 0 Å². The number of pyridine rings is 1. The van der Waals surface area contributed by atoms with Gasteiger partial charge >= 0.3 is 6.18 Å². The Balaban J connectivity index is 2.46. The van der Waals surface area contributed by atoms with Crippen molar-refractivity contribution in [3.8, 4) is 11.3 Å². The smallest absolute Gasteiger partial charge is 0.370 e. The monoisotopic (exact) mass is 296 g/mol. The Kier molecular flexibility index (Phi) is 4.40. The van der Waals surface area contributed by atoms with Crippen LogP contribution in [0.2, 0.25) is 0 Å². The molecule has 0 aromatic carbocycles. The number of aryl methyl sites for hydroxylation is 1. The molecule has 0 saturated carbocycles. The summed E-state index contributed by atoms with van der Waals surface area (Å²) < 4.78 is 38.6. The maximum Gasteiger partial charge on any atom is 0.451 e. The molecule has 0 radical (unpaired) electrons. The molecule has 0 fully saturated rings. The number of hydrogen-bond donors (Lipinski definition) is 1. The Morgan fingerprint density at radius 2 is 1.95 bits per heavy atom. The summed E-state index contributed by atoms with van der Waals surface area (Å²) in [6, 6.07) is 4.91. The van der Waals surface area contributed by atoms with E-state index in [9.17, 15) is 13.2 Å². The summed E-state index contributed by atoms with van der Waals surface area (Å²) in [6.07, 6.45) is -2.30. The number of nitrogens with zero attached hydrogens (tertiary/aromatic N) is 3. The lowest BCUT2D eigenvalue weighted by molar-refractivity contribution is -0.144. The maximum absolute atomic E-state index is 12.9. The Morgan fingerprint density at radius 1 is 1.19 bits per heavy atom. The fraction of sp³-hybridized carbons (Fsp3) is 0.357. The van der Waals surface area contributed by atoms with Crippen LogP contribution in [-0.2, 0) is 6.18 Å². The average molecular weight is 296 g/mol. The quantitative estimate of drug-likeness (QED) is 0.935. The summed E-state index contributed by atoms with van der Waals surface area (Å²) in [6.45, 7) is 4.27. The first-order valence-electron chi connectivity index (χ1n) is 6.53. The van der Waals surface area contributed by atoms with Gasteiger partial charge in [-0.25, -0.2) is 9.97 Å². The van der Waals surface area contributed by atoms with Crippen molar-refractivity contribution in [1.29, 1.82) is 0 Å². The maximum atomic E-state index is 12.9. The fourth-order valence-corrected chi connectivity index (χ4v) is 1.68. The summed E-state index contributed by atoms with van der Waals surface area (Å²) in [4.78, 5) is 11.2. The van der Waals surface area contributed by atoms with E-state index in [-0.39, 0.29) is 11.5 Å². The van der Waals surface area contributed by atoms with Crippen LogP contribution in [0.1, 0.15) is 24.9 Å². The molecule has 1 N–H and O–H groups in total. The summed E-state index contributed by atoms with van der Waals surface area (Å²) in [5.74, 6) is -0.992. The highest BCUT2D eigenvalue weighted by Crippen LogP contribution is 2.29. The molecule has 0 amide bonds. The van der Waals surface area contributed by atoms with Gasteiger partial charge in [0.2, 0.25) is 5.82 Å². The van der Waals surface area contributed by atoms with E-state index in [0.29, 0.717) is 12.1 Å². The van der Waals surface area contributed by atoms with E-state index in [4.69, 9.17) is 0 Å². The van der Waals surface area contributed by atoms with E-state index in [2.05, 4.69) is 20.3 Å². The normalized spacial score (nSPS) is 11.5. The van der Waals surface area contributed by atoms with Gasteiger partial charge in [-0.15, -0.1) is 0 Å². The zero-order chi connectivity index (χ0) is 15.5. The molecule has 2 aromatic heterocycles. The second-order valence-corrected chi connectivity index (χ2v) is 4.57. The summed E-state index contributed by atoms with van der Waals surface area (Å²) in [5.41, 5.74) is 1.50. The van der Waals surface area contributed by atoms with Crippen LogP contribution in [-0.4, -0.2) is 21.5 Å². The van der Waals surface area contributed by atoms with E-state index in [1.807, 2.05) is 6.92 Å². The van der Waals surface area contributed by atoms with Gasteiger partial charge in [0.05, 0.1) is 5.69 Å². The highest BCUT2D eigenvalue weighted by molar-refractivity contribution is 5.61. The van der Waals surface area contributed by atoms with E-state index in [0.717, 1.165) is 12.1 Å². The van der Waals surface area contributed by atoms with E-state index >= 15 is 0 Å². The third-order valence-electron chi connectivity index (χ3n) is 2.74. The molecule has 0 bridgehead atoms. The van der Waals surface area contributed by atoms with Gasteiger partial charge in [-0.05, 0) is 25.5 Å². The third kappa shape index (κ3) is 3.90. The third-order valence-corrected chi connectivity index (χ3v) is 2.74. The molecule has 7 heteroatoms. The largest absolute Gasteiger partial charge is 0.451 e. The molecule has 0 spiro atoms. The van der Waals surface area contributed by atoms with Crippen molar-refractivity contribution in [1.82, 2.24) is 15.0 Å². The second kappa shape index (κ2) is 6.07. The van der Waals surface area contributed by atoms with Crippen LogP contribution in [0.15, 0.2) is 24.4 Å². The molecule has 2 rings (SSSR count). The zero-order valence-electron chi connectivity index (χ0n) is 11.7. The number of alkyl halides is 3. The van der Waals surface area contributed by atoms with Crippen LogP contribution < -0.4 is 5.32 Å². The lowest BCUT2D eigenvalue weighted by Gasteiger charge is -2.11. The van der Waals surface area contributed by atoms with Gasteiger partial charge in [0.15, 0.2) is 0 Å². The molecule has 4 nitrogen and oxygen atoms in total. The van der Waals surface area contributed by atoms with Crippen LogP contribution in [0.3, 0.4) is 0 Å². The topological polar surface area (TPSA) is 50.7 Å². The Bertz CT molecular complexity index is 609. The van der Waals surface area contributed by atoms with E-state index in [1.54, 1.807) is 19.1 Å². The predicted octanol–water partition coefficient (Wildman–Crippen LogP) is 3.69. The minimum Gasteiger partial charge on any atom is -0.370 e. The van der Waals surface area contributed by atoms with Crippen molar-refractivity contribution in [3.05, 3.63) is 35.9 Å². The fourth-order valence-electron chi connectivity index (χ4n) is 1.68. The Hall–Kier alpha value is -2.18. The van der Waals surface area contributed by atoms with Crippen molar-refractivity contribution in [2.75, 3.05) is 11.9 Å². The molecule has 2 heterocycles. The molecule has 0 unspecified atom stereocenters. The lowest BCUT2D eigenvalue weighted by atomic mass is 10.2. The summed E-state index contributed by atoms with van der Waals surface area (Å²) >= 11 is 0. The van der Waals surface area contributed by atoms with Gasteiger partial charge in [0.25, 0.3) is 0 Å². The van der Waals surface area contributed by atoms with Crippen molar-refractivity contribution < 1.29 is 13.2 Å². The number of rotatable bonds is 4. The van der Waals surface area contributed by atoms with E-state index in [1.165, 1.54) is 12.3 Å². The van der Waals surface area contributed by atoms with Crippen LogP contribution in [0, 0.1) is 6.92 Å². The van der Waals surface area contributed by atoms with Gasteiger partial charge in [0, 0.05) is 30.1 Å². The standard InChI is InChI=1S/C14H15F3N4/c1-3-6-18-12-7-11(10-5-4-9(2)19-8-10)20-13(21-12)14(15,16)17/h4-5,7-8H,3,6H2,1-2H3,(H,18,20,21). The number of halogens is 3. The van der Waals surface area contributed by atoms with Crippen LogP contribution in [0.4, 0.5) is 19.0 Å². The first-order valence-corrected chi connectivity index (χ1v) is 6.53. The lowest BCUT2D eigenvalue weighted by Crippen LogP contribution is -2.14.